The van der Waals surface area contributed by atoms with Crippen LogP contribution < -0.4 is 9.47 Å². The van der Waals surface area contributed by atoms with Gasteiger partial charge in [-0.3, -0.25) is 0 Å². The van der Waals surface area contributed by atoms with Crippen LogP contribution in [0.25, 0.3) is 0 Å². The largest absolute Gasteiger partial charge is 0.490 e. The summed E-state index contributed by atoms with van der Waals surface area (Å²) in [6, 6.07) is 22.5. The van der Waals surface area contributed by atoms with E-state index in [1.54, 1.807) is 18.2 Å². The first-order chi connectivity index (χ1) is 14.7. The number of fused-ring (bicyclic) bond motifs is 3. The van der Waals surface area contributed by atoms with Crippen LogP contribution in [0.3, 0.4) is 0 Å². The fourth-order valence-electron chi connectivity index (χ4n) is 3.95. The van der Waals surface area contributed by atoms with Crippen LogP contribution in [0.5, 0.6) is 11.5 Å². The lowest BCUT2D eigenvalue weighted by atomic mass is 9.96. The molecule has 0 spiro atoms. The Bertz CT molecular complexity index is 1090. The normalized spacial score (nSPS) is 19.4. The van der Waals surface area contributed by atoms with Crippen LogP contribution in [0.15, 0.2) is 90.6 Å². The Morgan fingerprint density at radius 2 is 1.83 bits per heavy atom. The Morgan fingerprint density at radius 3 is 2.60 bits per heavy atom. The highest BCUT2D eigenvalue weighted by molar-refractivity contribution is 6.02. The molecule has 5 heteroatoms. The van der Waals surface area contributed by atoms with E-state index in [0.29, 0.717) is 6.61 Å². The van der Waals surface area contributed by atoms with E-state index in [2.05, 4.69) is 12.6 Å². The molecule has 0 aromatic heterocycles. The maximum atomic E-state index is 13.5. The maximum Gasteiger partial charge on any atom is 0.213 e. The minimum absolute atomic E-state index is 0.0664. The number of ether oxygens (including phenoxy) is 2. The molecule has 0 aliphatic carbocycles. The van der Waals surface area contributed by atoms with Gasteiger partial charge in [0.1, 0.15) is 23.9 Å². The molecule has 30 heavy (non-hydrogen) atoms. The first kappa shape index (κ1) is 18.4. The Kier molecular flexibility index (Phi) is 4.71. The standard InChI is InChI=1S/C25H21FN2O2/c1-2-15-29-20-13-9-17(10-14-20)22-16-23-21-5-3-4-6-24(21)30-25(28(23)27-22)18-7-11-19(26)12-8-18/h2-14,23,25H,1,15-16H2/t23-,25-/m1/s1. The lowest BCUT2D eigenvalue weighted by Gasteiger charge is -2.38. The molecule has 0 radical (unpaired) electrons. The number of nitrogens with zero attached hydrogens (tertiary/aromatic N) is 2. The van der Waals surface area contributed by atoms with Crippen molar-refractivity contribution in [2.45, 2.75) is 18.7 Å². The smallest absolute Gasteiger partial charge is 0.213 e. The second-order valence-electron chi connectivity index (χ2n) is 7.33. The number of para-hydroxylation sites is 1. The van der Waals surface area contributed by atoms with Crippen molar-refractivity contribution in [3.05, 3.63) is 108 Å². The van der Waals surface area contributed by atoms with Crippen molar-refractivity contribution in [2.24, 2.45) is 5.10 Å². The third kappa shape index (κ3) is 3.32. The van der Waals surface area contributed by atoms with Crippen LogP contribution in [0.4, 0.5) is 4.39 Å². The van der Waals surface area contributed by atoms with Crippen molar-refractivity contribution in [1.29, 1.82) is 0 Å². The summed E-state index contributed by atoms with van der Waals surface area (Å²) in [7, 11) is 0. The summed E-state index contributed by atoms with van der Waals surface area (Å²) in [6.45, 7) is 4.15. The van der Waals surface area contributed by atoms with Crippen molar-refractivity contribution in [3.63, 3.8) is 0 Å². The Hall–Kier alpha value is -3.60. The quantitative estimate of drug-likeness (QED) is 0.520. The third-order valence-electron chi connectivity index (χ3n) is 5.41. The van der Waals surface area contributed by atoms with Gasteiger partial charge in [-0.15, -0.1) is 0 Å². The van der Waals surface area contributed by atoms with Gasteiger partial charge in [0.25, 0.3) is 0 Å². The zero-order valence-corrected chi connectivity index (χ0v) is 16.4. The fourth-order valence-corrected chi connectivity index (χ4v) is 3.95. The monoisotopic (exact) mass is 400 g/mol. The highest BCUT2D eigenvalue weighted by Gasteiger charge is 2.40. The molecule has 0 N–H and O–H groups in total. The molecular formula is C25H21FN2O2. The first-order valence-corrected chi connectivity index (χ1v) is 9.94. The van der Waals surface area contributed by atoms with Crippen molar-refractivity contribution in [1.82, 2.24) is 5.01 Å². The van der Waals surface area contributed by atoms with Gasteiger partial charge in [-0.25, -0.2) is 9.40 Å². The average molecular weight is 400 g/mol. The predicted octanol–water partition coefficient (Wildman–Crippen LogP) is 5.63. The van der Waals surface area contributed by atoms with Gasteiger partial charge in [-0.2, -0.15) is 5.10 Å². The summed E-state index contributed by atoms with van der Waals surface area (Å²) >= 11 is 0. The molecule has 3 aromatic carbocycles. The number of hydrazone groups is 1. The minimum atomic E-state index is -0.404. The van der Waals surface area contributed by atoms with Gasteiger partial charge in [0, 0.05) is 17.5 Å². The second-order valence-corrected chi connectivity index (χ2v) is 7.33. The summed E-state index contributed by atoms with van der Waals surface area (Å²) < 4.78 is 25.3. The third-order valence-corrected chi connectivity index (χ3v) is 5.41. The van der Waals surface area contributed by atoms with Crippen LogP contribution in [0.2, 0.25) is 0 Å². The van der Waals surface area contributed by atoms with E-state index in [1.165, 1.54) is 12.1 Å². The van der Waals surface area contributed by atoms with Crippen LogP contribution in [-0.4, -0.2) is 17.3 Å². The summed E-state index contributed by atoms with van der Waals surface area (Å²) in [4.78, 5) is 0. The van der Waals surface area contributed by atoms with Gasteiger partial charge in [0.05, 0.1) is 11.8 Å². The number of rotatable bonds is 5. The van der Waals surface area contributed by atoms with Crippen LogP contribution >= 0.6 is 0 Å². The molecule has 5 rings (SSSR count). The minimum Gasteiger partial charge on any atom is -0.490 e. The molecule has 0 unspecified atom stereocenters. The number of hydrogen-bond donors (Lipinski definition) is 0. The second kappa shape index (κ2) is 7.67. The summed E-state index contributed by atoms with van der Waals surface area (Å²) in [6.07, 6.45) is 2.09. The molecule has 0 saturated heterocycles. The molecule has 2 aliphatic heterocycles. The predicted molar refractivity (Wildman–Crippen MR) is 114 cm³/mol. The van der Waals surface area contributed by atoms with Crippen molar-refractivity contribution in [2.75, 3.05) is 6.61 Å². The van der Waals surface area contributed by atoms with Crippen LogP contribution in [-0.2, 0) is 0 Å². The molecule has 3 aromatic rings. The first-order valence-electron chi connectivity index (χ1n) is 9.94. The molecule has 0 saturated carbocycles. The van der Waals surface area contributed by atoms with E-state index in [1.807, 2.05) is 47.5 Å². The van der Waals surface area contributed by atoms with E-state index in [9.17, 15) is 4.39 Å². The Morgan fingerprint density at radius 1 is 1.07 bits per heavy atom. The molecular weight excluding hydrogens is 379 g/mol. The van der Waals surface area contributed by atoms with Gasteiger partial charge in [0.2, 0.25) is 6.23 Å². The van der Waals surface area contributed by atoms with E-state index in [4.69, 9.17) is 14.6 Å². The summed E-state index contributed by atoms with van der Waals surface area (Å²) in [5.41, 5.74) is 4.02. The van der Waals surface area contributed by atoms with Gasteiger partial charge < -0.3 is 9.47 Å². The Balaban J connectivity index is 1.49. The van der Waals surface area contributed by atoms with Crippen LogP contribution in [0, 0.1) is 5.82 Å². The zero-order chi connectivity index (χ0) is 20.5. The molecule has 2 aliphatic rings. The lowest BCUT2D eigenvalue weighted by molar-refractivity contribution is -0.0190. The number of hydrogen-bond acceptors (Lipinski definition) is 4. The molecule has 4 nitrogen and oxygen atoms in total. The van der Waals surface area contributed by atoms with Gasteiger partial charge in [0.15, 0.2) is 0 Å². The van der Waals surface area contributed by atoms with Crippen molar-refractivity contribution < 1.29 is 13.9 Å². The van der Waals surface area contributed by atoms with E-state index in [0.717, 1.165) is 40.3 Å². The average Bonchev–Trinajstić information content (AvgIpc) is 3.24. The highest BCUT2D eigenvalue weighted by Crippen LogP contribution is 2.47. The van der Waals surface area contributed by atoms with Gasteiger partial charge in [-0.05, 0) is 48.0 Å². The lowest BCUT2D eigenvalue weighted by Crippen LogP contribution is -2.33. The SMILES string of the molecule is C=CCOc1ccc(C2=NN3[C@H](C2)c2ccccc2O[C@@H]3c2ccc(F)cc2)cc1. The Labute approximate surface area is 174 Å². The molecule has 2 atom stereocenters. The number of benzene rings is 3. The van der Waals surface area contributed by atoms with Crippen LogP contribution in [0.1, 0.15) is 35.4 Å². The van der Waals surface area contributed by atoms with Crippen molar-refractivity contribution in [3.8, 4) is 11.5 Å². The maximum absolute atomic E-state index is 13.5. The van der Waals surface area contributed by atoms with Gasteiger partial charge in [-0.1, -0.05) is 43.0 Å². The van der Waals surface area contributed by atoms with Crippen molar-refractivity contribution >= 4 is 5.71 Å². The summed E-state index contributed by atoms with van der Waals surface area (Å²) in [5.74, 6) is 1.38. The van der Waals surface area contributed by atoms with E-state index < -0.39 is 6.23 Å². The zero-order valence-electron chi connectivity index (χ0n) is 16.4. The molecule has 0 bridgehead atoms. The fraction of sp³-hybridized carbons (Fsp3) is 0.160. The van der Waals surface area contributed by atoms with Gasteiger partial charge >= 0.3 is 0 Å². The van der Waals surface area contributed by atoms with E-state index >= 15 is 0 Å². The highest BCUT2D eigenvalue weighted by atomic mass is 19.1. The molecule has 2 heterocycles. The molecule has 150 valence electrons. The topological polar surface area (TPSA) is 34.1 Å². The molecule has 0 fully saturated rings. The van der Waals surface area contributed by atoms with E-state index in [-0.39, 0.29) is 11.9 Å². The molecule has 0 amide bonds. The number of halogens is 1. The summed E-state index contributed by atoms with van der Waals surface area (Å²) in [5, 5.41) is 6.92.